The summed E-state index contributed by atoms with van der Waals surface area (Å²) >= 11 is 0. The van der Waals surface area contributed by atoms with E-state index < -0.39 is 117 Å². The summed E-state index contributed by atoms with van der Waals surface area (Å²) in [6.45, 7) is 8.03. The van der Waals surface area contributed by atoms with Crippen LogP contribution in [0.3, 0.4) is 0 Å². The van der Waals surface area contributed by atoms with E-state index in [0.29, 0.717) is 31.3 Å². The van der Waals surface area contributed by atoms with Crippen LogP contribution in [0, 0.1) is 39.9 Å². The Kier molecular flexibility index (Phi) is 10.8. The Bertz CT molecular complexity index is 1610. The van der Waals surface area contributed by atoms with Crippen LogP contribution in [0.2, 0.25) is 0 Å². The van der Waals surface area contributed by atoms with E-state index in [9.17, 15) is 60.8 Å². The van der Waals surface area contributed by atoms with Crippen molar-refractivity contribution in [1.29, 1.82) is 0 Å². The molecule has 12 atom stereocenters. The largest absolute Gasteiger partial charge is 0.480 e. The lowest BCUT2D eigenvalue weighted by Gasteiger charge is -2.64. The minimum atomic E-state index is -5.51. The Morgan fingerprint density at radius 1 is 0.922 bits per heavy atom. The van der Waals surface area contributed by atoms with Crippen molar-refractivity contribution < 1.29 is 83.3 Å². The molecule has 18 nitrogen and oxygen atoms in total. The van der Waals surface area contributed by atoms with Gasteiger partial charge in [-0.05, 0) is 73.2 Å². The first kappa shape index (κ1) is 39.9. The van der Waals surface area contributed by atoms with E-state index in [0.717, 1.165) is 0 Å². The summed E-state index contributed by atoms with van der Waals surface area (Å²) in [6.07, 6.45) is -11.5. The molecule has 0 aromatic heterocycles. The zero-order chi connectivity index (χ0) is 38.1. The van der Waals surface area contributed by atoms with Gasteiger partial charge in [0.1, 0.15) is 12.2 Å². The molecule has 5 aliphatic rings. The topological polar surface area (TPSA) is 287 Å². The number of fused-ring (bicyclic) bond motifs is 3. The summed E-state index contributed by atoms with van der Waals surface area (Å²) in [5, 5.41) is 42.9. The van der Waals surface area contributed by atoms with Crippen molar-refractivity contribution in [2.45, 2.75) is 115 Å². The molecule has 0 amide bonds. The SMILES string of the molecule is C=C1[C@@H]2CC[C@H]3[C@]4(C)C[C@H](O[C@@H]5O[C@H](CO)[C@@H](OS(=O)(=O)O)[C@H](OS(=O)(=O)O)[C@H]5OC(=O)CC(C)C)CC(C(=O)O)(C(=O)O)[C@@H]4CC[C@]3(C2)[C@H]1O. The maximum atomic E-state index is 13.1. The van der Waals surface area contributed by atoms with Gasteiger partial charge >= 0.3 is 38.7 Å². The first-order chi connectivity index (χ1) is 23.5. The lowest BCUT2D eigenvalue weighted by molar-refractivity contribution is -0.318. The maximum Gasteiger partial charge on any atom is 0.397 e. The van der Waals surface area contributed by atoms with Gasteiger partial charge in [-0.25, -0.2) is 8.37 Å². The summed E-state index contributed by atoms with van der Waals surface area (Å²) in [5.74, 6) is -5.84. The molecule has 6 N–H and O–H groups in total. The molecule has 0 unspecified atom stereocenters. The molecule has 1 aliphatic heterocycles. The van der Waals surface area contributed by atoms with Crippen LogP contribution in [0.5, 0.6) is 0 Å². The number of ether oxygens (including phenoxy) is 3. The molecule has 0 aromatic rings. The molecule has 5 rings (SSSR count). The first-order valence-corrected chi connectivity index (χ1v) is 19.5. The Morgan fingerprint density at radius 2 is 1.53 bits per heavy atom. The average Bonchev–Trinajstić information content (AvgIpc) is 3.16. The lowest BCUT2D eigenvalue weighted by atomic mass is 9.40. The van der Waals surface area contributed by atoms with E-state index in [-0.39, 0.29) is 37.0 Å². The molecule has 51 heavy (non-hydrogen) atoms. The second-order valence-electron chi connectivity index (χ2n) is 15.3. The standard InChI is InChI=1S/C31H46O18S2/c1-14(2)9-21(33)47-24-23(49-51(42,43)44)22(48-50(39,40)41)18(13-32)46-26(24)45-17-11-29(4)19-6-5-16-10-30(19,25(34)15(16)3)8-7-20(29)31(12-17,27(35)36)28(37)38/h14,16-20,22-26,32,34H,3,5-13H2,1-2,4H3,(H,35,36)(H,37,38)(H,39,40,41)(H,42,43,44)/t16-,17+,18-,19+,20-,22-,23+,24-,25+,26-,29+,30-/m1/s1. The monoisotopic (exact) mass is 770 g/mol. The summed E-state index contributed by atoms with van der Waals surface area (Å²) in [6, 6.07) is 0. The summed E-state index contributed by atoms with van der Waals surface area (Å²) in [4.78, 5) is 39.3. The molecule has 4 aliphatic carbocycles. The Morgan fingerprint density at radius 3 is 2.08 bits per heavy atom. The predicted molar refractivity (Wildman–Crippen MR) is 169 cm³/mol. The number of hydrogen-bond acceptors (Lipinski definition) is 14. The van der Waals surface area contributed by atoms with Gasteiger partial charge in [0.05, 0.1) is 18.8 Å². The molecule has 0 aromatic carbocycles. The van der Waals surface area contributed by atoms with Crippen molar-refractivity contribution in [3.63, 3.8) is 0 Å². The Hall–Kier alpha value is -2.27. The fourth-order valence-electron chi connectivity index (χ4n) is 10.3. The highest BCUT2D eigenvalue weighted by Gasteiger charge is 2.72. The first-order valence-electron chi connectivity index (χ1n) is 16.7. The summed E-state index contributed by atoms with van der Waals surface area (Å²) in [5.41, 5.74) is -3.52. The third-order valence-corrected chi connectivity index (χ3v) is 12.9. The van der Waals surface area contributed by atoms with E-state index in [1.807, 2.05) is 0 Å². The number of hydrogen-bond donors (Lipinski definition) is 6. The second-order valence-corrected chi connectivity index (χ2v) is 17.4. The van der Waals surface area contributed by atoms with Gasteiger partial charge in [0, 0.05) is 18.3 Å². The molecule has 1 spiro atoms. The van der Waals surface area contributed by atoms with Crippen LogP contribution in [0.1, 0.15) is 72.1 Å². The minimum Gasteiger partial charge on any atom is -0.480 e. The van der Waals surface area contributed by atoms with Crippen molar-refractivity contribution in [2.24, 2.45) is 39.9 Å². The number of esters is 1. The second kappa shape index (κ2) is 13.9. The van der Waals surface area contributed by atoms with E-state index >= 15 is 0 Å². The quantitative estimate of drug-likeness (QED) is 0.0533. The fraction of sp³-hybridized carbons (Fsp3) is 0.839. The number of carbonyl (C=O) groups is 3. The van der Waals surface area contributed by atoms with E-state index in [4.69, 9.17) is 18.4 Å². The van der Waals surface area contributed by atoms with Gasteiger partial charge in [0.2, 0.25) is 0 Å². The smallest absolute Gasteiger partial charge is 0.397 e. The maximum absolute atomic E-state index is 13.1. The van der Waals surface area contributed by atoms with Gasteiger partial charge in [-0.15, -0.1) is 0 Å². The number of carboxylic acids is 2. The Labute approximate surface area is 295 Å². The lowest BCUT2D eigenvalue weighted by Crippen LogP contribution is -2.67. The summed E-state index contributed by atoms with van der Waals surface area (Å²) < 4.78 is 93.4. The molecular formula is C31H46O18S2. The fourth-order valence-corrected chi connectivity index (χ4v) is 11.3. The van der Waals surface area contributed by atoms with Crippen LogP contribution >= 0.6 is 0 Å². The molecule has 290 valence electrons. The van der Waals surface area contributed by atoms with Gasteiger partial charge < -0.3 is 34.6 Å². The predicted octanol–water partition coefficient (Wildman–Crippen LogP) is 1.12. The van der Waals surface area contributed by atoms with E-state index in [1.54, 1.807) is 20.8 Å². The average molecular weight is 771 g/mol. The number of carboxylic acid groups (broad SMARTS) is 2. The molecule has 4 saturated carbocycles. The highest BCUT2D eigenvalue weighted by atomic mass is 32.3. The van der Waals surface area contributed by atoms with Crippen molar-refractivity contribution in [2.75, 3.05) is 6.61 Å². The zero-order valence-electron chi connectivity index (χ0n) is 28.3. The van der Waals surface area contributed by atoms with Crippen LogP contribution in [0.15, 0.2) is 12.2 Å². The van der Waals surface area contributed by atoms with Crippen molar-refractivity contribution in [1.82, 2.24) is 0 Å². The van der Waals surface area contributed by atoms with Crippen LogP contribution < -0.4 is 0 Å². The molecule has 5 fully saturated rings. The molecule has 1 heterocycles. The molecule has 20 heteroatoms. The van der Waals surface area contributed by atoms with Crippen LogP contribution in [0.25, 0.3) is 0 Å². The van der Waals surface area contributed by atoms with Crippen LogP contribution in [0.4, 0.5) is 0 Å². The third kappa shape index (κ3) is 7.20. The van der Waals surface area contributed by atoms with Crippen molar-refractivity contribution in [3.05, 3.63) is 12.2 Å². The van der Waals surface area contributed by atoms with Gasteiger partial charge in [-0.3, -0.25) is 23.5 Å². The molecule has 1 saturated heterocycles. The summed E-state index contributed by atoms with van der Waals surface area (Å²) in [7, 11) is -11.0. The molecular weight excluding hydrogens is 724 g/mol. The van der Waals surface area contributed by atoms with Gasteiger partial charge in [-0.1, -0.05) is 27.4 Å². The minimum absolute atomic E-state index is 0.00133. The number of carbonyl (C=O) groups excluding carboxylic acids is 1. The highest BCUT2D eigenvalue weighted by Crippen LogP contribution is 2.72. The van der Waals surface area contributed by atoms with Crippen LogP contribution in [-0.4, -0.2) is 114 Å². The van der Waals surface area contributed by atoms with Gasteiger partial charge in [-0.2, -0.15) is 16.8 Å². The van der Waals surface area contributed by atoms with Gasteiger partial charge in [0.15, 0.2) is 23.9 Å². The number of aliphatic hydroxyl groups is 2. The van der Waals surface area contributed by atoms with Crippen LogP contribution in [-0.2, 0) is 57.8 Å². The van der Waals surface area contributed by atoms with Crippen molar-refractivity contribution in [3.8, 4) is 0 Å². The Balaban J connectivity index is 1.59. The third-order valence-electron chi connectivity index (χ3n) is 12.0. The number of aliphatic carboxylic acids is 2. The van der Waals surface area contributed by atoms with Gasteiger partial charge in [0.25, 0.3) is 0 Å². The number of aliphatic hydroxyl groups excluding tert-OH is 2. The van der Waals surface area contributed by atoms with E-state index in [1.165, 1.54) is 0 Å². The normalized spacial score (nSPS) is 40.7. The molecule has 2 bridgehead atoms. The number of rotatable bonds is 12. The zero-order valence-corrected chi connectivity index (χ0v) is 30.0. The highest BCUT2D eigenvalue weighted by molar-refractivity contribution is 7.81. The van der Waals surface area contributed by atoms with E-state index in [2.05, 4.69) is 10.8 Å². The molecule has 0 radical (unpaired) electrons. The van der Waals surface area contributed by atoms with Crippen molar-refractivity contribution >= 4 is 38.7 Å².